The van der Waals surface area contributed by atoms with Crippen LogP contribution >= 0.6 is 0 Å². The first-order valence-electron chi connectivity index (χ1n) is 8.24. The summed E-state index contributed by atoms with van der Waals surface area (Å²) in [6.07, 6.45) is 1.46. The lowest BCUT2D eigenvalue weighted by Gasteiger charge is -2.07. The van der Waals surface area contributed by atoms with Gasteiger partial charge in [0, 0.05) is 17.4 Å². The molecule has 23 heavy (non-hydrogen) atoms. The number of H-pyrrole nitrogens is 1. The van der Waals surface area contributed by atoms with Crippen molar-refractivity contribution >= 4 is 22.6 Å². The van der Waals surface area contributed by atoms with E-state index in [0.717, 1.165) is 34.5 Å². The van der Waals surface area contributed by atoms with Crippen molar-refractivity contribution in [1.82, 2.24) is 5.32 Å². The van der Waals surface area contributed by atoms with Crippen LogP contribution in [0.15, 0.2) is 24.3 Å². The van der Waals surface area contributed by atoms with Gasteiger partial charge in [-0.15, -0.1) is 0 Å². The number of ether oxygens (including phenoxy) is 1. The van der Waals surface area contributed by atoms with Crippen molar-refractivity contribution in [3.05, 3.63) is 29.8 Å². The third kappa shape index (κ3) is 4.84. The van der Waals surface area contributed by atoms with E-state index >= 15 is 0 Å². The minimum atomic E-state index is 0.108. The molecule has 1 amide bonds. The number of aromatic nitrogens is 1. The standard InChI is InChI=1S/C18H25N3O2/c1-4-6-17(22)19-9-10-20-18-13(3)11-14-12-15(23-5-2)7-8-16(14)21-18/h7-8,11-12H,4-6,9-10H2,1-3H3,(H,19,22)(H,20,21)/p+1. The second-order valence-corrected chi connectivity index (χ2v) is 5.54. The van der Waals surface area contributed by atoms with Gasteiger partial charge in [0.1, 0.15) is 17.8 Å². The molecule has 1 heterocycles. The minimum absolute atomic E-state index is 0.108. The molecule has 0 aliphatic rings. The fourth-order valence-electron chi connectivity index (χ4n) is 2.46. The quantitative estimate of drug-likeness (QED) is 0.736. The third-order valence-corrected chi connectivity index (χ3v) is 3.59. The van der Waals surface area contributed by atoms with Gasteiger partial charge in [-0.3, -0.25) is 10.1 Å². The Morgan fingerprint density at radius 2 is 2.04 bits per heavy atom. The zero-order valence-corrected chi connectivity index (χ0v) is 14.2. The molecule has 3 N–H and O–H groups in total. The lowest BCUT2D eigenvalue weighted by atomic mass is 10.1. The molecule has 0 fully saturated rings. The number of rotatable bonds is 8. The highest BCUT2D eigenvalue weighted by molar-refractivity contribution is 5.79. The van der Waals surface area contributed by atoms with Crippen LogP contribution in [0.3, 0.4) is 0 Å². The lowest BCUT2D eigenvalue weighted by molar-refractivity contribution is -0.327. The number of carbonyl (C=O) groups is 1. The van der Waals surface area contributed by atoms with E-state index in [2.05, 4.69) is 28.6 Å². The normalized spacial score (nSPS) is 10.6. The van der Waals surface area contributed by atoms with Gasteiger partial charge < -0.3 is 10.1 Å². The second-order valence-electron chi connectivity index (χ2n) is 5.54. The Kier molecular flexibility index (Phi) is 6.20. The van der Waals surface area contributed by atoms with Crippen molar-refractivity contribution in [3.63, 3.8) is 0 Å². The first kappa shape index (κ1) is 17.1. The van der Waals surface area contributed by atoms with Crippen LogP contribution in [0.1, 0.15) is 32.3 Å². The average Bonchev–Trinajstić information content (AvgIpc) is 2.52. The number of hydrogen-bond donors (Lipinski definition) is 2. The number of hydrogen-bond acceptors (Lipinski definition) is 3. The maximum absolute atomic E-state index is 11.4. The first-order valence-corrected chi connectivity index (χ1v) is 8.24. The summed E-state index contributed by atoms with van der Waals surface area (Å²) in [4.78, 5) is 14.8. The Morgan fingerprint density at radius 1 is 1.22 bits per heavy atom. The third-order valence-electron chi connectivity index (χ3n) is 3.59. The van der Waals surface area contributed by atoms with E-state index in [0.29, 0.717) is 26.1 Å². The number of aryl methyl sites for hydroxylation is 1. The van der Waals surface area contributed by atoms with E-state index in [1.807, 2.05) is 32.0 Å². The highest BCUT2D eigenvalue weighted by atomic mass is 16.5. The molecule has 2 rings (SSSR count). The van der Waals surface area contributed by atoms with Gasteiger partial charge in [0.15, 0.2) is 0 Å². The van der Waals surface area contributed by atoms with Crippen LogP contribution in [0.5, 0.6) is 5.75 Å². The van der Waals surface area contributed by atoms with Gasteiger partial charge in [-0.25, -0.2) is 4.98 Å². The number of carbonyl (C=O) groups excluding carboxylic acids is 1. The molecule has 0 bridgehead atoms. The van der Waals surface area contributed by atoms with Gasteiger partial charge in [-0.05, 0) is 44.5 Å². The molecule has 0 saturated carbocycles. The molecule has 0 saturated heterocycles. The molecule has 0 unspecified atom stereocenters. The molecule has 0 aliphatic carbocycles. The van der Waals surface area contributed by atoms with E-state index in [1.54, 1.807) is 0 Å². The Bertz CT molecular complexity index is 671. The van der Waals surface area contributed by atoms with E-state index in [1.165, 1.54) is 0 Å². The van der Waals surface area contributed by atoms with Crippen LogP contribution in [-0.2, 0) is 4.79 Å². The molecule has 0 aliphatic heterocycles. The molecular weight excluding hydrogens is 290 g/mol. The molecule has 5 heteroatoms. The fraction of sp³-hybridized carbons (Fsp3) is 0.444. The summed E-state index contributed by atoms with van der Waals surface area (Å²) >= 11 is 0. The largest absolute Gasteiger partial charge is 0.494 e. The SMILES string of the molecule is CCCC(=O)NCCNc1[nH+]c2ccc(OCC)cc2cc1C. The van der Waals surface area contributed by atoms with Crippen LogP contribution < -0.4 is 20.4 Å². The highest BCUT2D eigenvalue weighted by Gasteiger charge is 2.10. The molecule has 0 radical (unpaired) electrons. The van der Waals surface area contributed by atoms with E-state index in [4.69, 9.17) is 4.74 Å². The predicted molar refractivity (Wildman–Crippen MR) is 92.8 cm³/mol. The van der Waals surface area contributed by atoms with Crippen molar-refractivity contribution in [2.75, 3.05) is 25.0 Å². The van der Waals surface area contributed by atoms with Gasteiger partial charge in [0.25, 0.3) is 5.82 Å². The molecule has 1 aromatic carbocycles. The summed E-state index contributed by atoms with van der Waals surface area (Å²) in [6.45, 7) is 8.01. The fourth-order valence-corrected chi connectivity index (χ4v) is 2.46. The molecule has 1 aromatic heterocycles. The maximum atomic E-state index is 11.4. The van der Waals surface area contributed by atoms with Crippen molar-refractivity contribution in [3.8, 4) is 5.75 Å². The van der Waals surface area contributed by atoms with Crippen LogP contribution in [0.25, 0.3) is 10.9 Å². The summed E-state index contributed by atoms with van der Waals surface area (Å²) in [5, 5.41) is 7.36. The summed E-state index contributed by atoms with van der Waals surface area (Å²) in [5.74, 6) is 1.97. The number of pyridine rings is 1. The topological polar surface area (TPSA) is 64.5 Å². The van der Waals surface area contributed by atoms with Crippen LogP contribution in [0, 0.1) is 6.92 Å². The molecule has 124 valence electrons. The lowest BCUT2D eigenvalue weighted by Crippen LogP contribution is -2.29. The number of anilines is 1. The second kappa shape index (κ2) is 8.36. The van der Waals surface area contributed by atoms with Gasteiger partial charge in [0.2, 0.25) is 5.91 Å². The van der Waals surface area contributed by atoms with Crippen LogP contribution in [0.4, 0.5) is 5.82 Å². The van der Waals surface area contributed by atoms with Crippen LogP contribution in [0.2, 0.25) is 0 Å². The smallest absolute Gasteiger partial charge is 0.275 e. The Balaban J connectivity index is 1.99. The highest BCUT2D eigenvalue weighted by Crippen LogP contribution is 2.21. The first-order chi connectivity index (χ1) is 11.1. The number of amides is 1. The Morgan fingerprint density at radius 3 is 2.78 bits per heavy atom. The zero-order valence-electron chi connectivity index (χ0n) is 14.2. The van der Waals surface area contributed by atoms with Crippen LogP contribution in [-0.4, -0.2) is 25.6 Å². The van der Waals surface area contributed by atoms with E-state index < -0.39 is 0 Å². The Labute approximate surface area is 137 Å². The maximum Gasteiger partial charge on any atom is 0.275 e. The summed E-state index contributed by atoms with van der Waals surface area (Å²) in [7, 11) is 0. The molecule has 5 nitrogen and oxygen atoms in total. The summed E-state index contributed by atoms with van der Waals surface area (Å²) in [5.41, 5.74) is 2.18. The van der Waals surface area contributed by atoms with Crippen molar-refractivity contribution in [2.24, 2.45) is 0 Å². The van der Waals surface area contributed by atoms with Gasteiger partial charge in [0.05, 0.1) is 13.2 Å². The molecule has 0 spiro atoms. The zero-order chi connectivity index (χ0) is 16.7. The Hall–Kier alpha value is -2.30. The average molecular weight is 316 g/mol. The van der Waals surface area contributed by atoms with Gasteiger partial charge in [-0.1, -0.05) is 6.92 Å². The van der Waals surface area contributed by atoms with Crippen molar-refractivity contribution in [2.45, 2.75) is 33.6 Å². The number of nitrogens with one attached hydrogen (secondary N) is 3. The van der Waals surface area contributed by atoms with Gasteiger partial charge >= 0.3 is 0 Å². The summed E-state index contributed by atoms with van der Waals surface area (Å²) in [6, 6.07) is 8.16. The van der Waals surface area contributed by atoms with E-state index in [-0.39, 0.29) is 5.91 Å². The molecular formula is C18H26N3O2+. The minimum Gasteiger partial charge on any atom is -0.494 e. The predicted octanol–water partition coefficient (Wildman–Crippen LogP) is 2.69. The number of aromatic amines is 1. The molecule has 0 atom stereocenters. The van der Waals surface area contributed by atoms with Gasteiger partial charge in [-0.2, -0.15) is 0 Å². The summed E-state index contributed by atoms with van der Waals surface area (Å²) < 4.78 is 5.54. The number of benzene rings is 1. The number of fused-ring (bicyclic) bond motifs is 1. The van der Waals surface area contributed by atoms with Crippen molar-refractivity contribution < 1.29 is 14.5 Å². The monoisotopic (exact) mass is 316 g/mol. The molecule has 2 aromatic rings. The van der Waals surface area contributed by atoms with Crippen molar-refractivity contribution in [1.29, 1.82) is 0 Å². The van der Waals surface area contributed by atoms with E-state index in [9.17, 15) is 4.79 Å².